The van der Waals surface area contributed by atoms with E-state index in [1.165, 1.54) is 11.8 Å². The summed E-state index contributed by atoms with van der Waals surface area (Å²) in [5.41, 5.74) is 0. The van der Waals surface area contributed by atoms with E-state index in [1.54, 1.807) is 11.1 Å². The number of rotatable bonds is 5. The van der Waals surface area contributed by atoms with Crippen molar-refractivity contribution in [3.8, 4) is 0 Å². The highest BCUT2D eigenvalue weighted by Crippen LogP contribution is 2.22. The Kier molecular flexibility index (Phi) is 6.26. The minimum atomic E-state index is 0.0558. The van der Waals surface area contributed by atoms with Gasteiger partial charge in [0.15, 0.2) is 0 Å². The number of anilines is 1. The van der Waals surface area contributed by atoms with Crippen molar-refractivity contribution in [2.75, 3.05) is 17.2 Å². The second kappa shape index (κ2) is 7.96. The van der Waals surface area contributed by atoms with Crippen molar-refractivity contribution in [1.29, 1.82) is 0 Å². The number of thioether (sulfide) groups is 1. The third-order valence-electron chi connectivity index (χ3n) is 2.78. The molecule has 1 heterocycles. The van der Waals surface area contributed by atoms with Crippen LogP contribution in [0.2, 0.25) is 0 Å². The molecule has 6 heteroatoms. The number of aromatic nitrogens is 1. The predicted molar refractivity (Wildman–Crippen MR) is 94.8 cm³/mol. The highest BCUT2D eigenvalue weighted by atomic mass is 79.9. The second-order valence-corrected chi connectivity index (χ2v) is 7.10. The van der Waals surface area contributed by atoms with Crippen LogP contribution < -0.4 is 4.90 Å². The molecule has 0 fully saturated rings. The summed E-state index contributed by atoms with van der Waals surface area (Å²) in [5, 5.41) is 0. The maximum atomic E-state index is 12.3. The first-order valence-electron chi connectivity index (χ1n) is 6.40. The summed E-state index contributed by atoms with van der Waals surface area (Å²) in [6.45, 7) is 2.56. The van der Waals surface area contributed by atoms with Crippen LogP contribution in [0.15, 0.2) is 56.4 Å². The highest BCUT2D eigenvalue weighted by Gasteiger charge is 2.15. The summed E-state index contributed by atoms with van der Waals surface area (Å²) in [6.07, 6.45) is 1.70. The number of pyridine rings is 1. The molecule has 0 unspecified atom stereocenters. The SMILES string of the molecule is CCN(C(=O)CSc1ccc(Br)cc1)c1ccc(Br)cn1. The lowest BCUT2D eigenvalue weighted by molar-refractivity contribution is -0.116. The average Bonchev–Trinajstić information content (AvgIpc) is 2.49. The lowest BCUT2D eigenvalue weighted by atomic mass is 10.4. The molecule has 0 N–H and O–H groups in total. The quantitative estimate of drug-likeness (QED) is 0.642. The zero-order chi connectivity index (χ0) is 15.2. The molecule has 21 heavy (non-hydrogen) atoms. The third kappa shape index (κ3) is 4.83. The molecule has 0 radical (unpaired) electrons. The van der Waals surface area contributed by atoms with E-state index >= 15 is 0 Å². The number of halogens is 2. The van der Waals surface area contributed by atoms with E-state index in [4.69, 9.17) is 0 Å². The number of amides is 1. The van der Waals surface area contributed by atoms with Crippen LogP contribution in [0.3, 0.4) is 0 Å². The first kappa shape index (κ1) is 16.5. The molecule has 3 nitrogen and oxygen atoms in total. The number of nitrogens with zero attached hydrogens (tertiary/aromatic N) is 2. The van der Waals surface area contributed by atoms with Crippen molar-refractivity contribution >= 4 is 55.3 Å². The summed E-state index contributed by atoms with van der Waals surface area (Å²) >= 11 is 8.28. The molecule has 1 amide bonds. The van der Waals surface area contributed by atoms with Gasteiger partial charge in [0, 0.05) is 26.6 Å². The number of benzene rings is 1. The van der Waals surface area contributed by atoms with Gasteiger partial charge in [-0.3, -0.25) is 9.69 Å². The molecule has 1 aromatic carbocycles. The Morgan fingerprint density at radius 2 is 1.81 bits per heavy atom. The number of carbonyl (C=O) groups is 1. The Morgan fingerprint density at radius 1 is 1.14 bits per heavy atom. The van der Waals surface area contributed by atoms with Gasteiger partial charge in [-0.25, -0.2) is 4.98 Å². The maximum absolute atomic E-state index is 12.3. The zero-order valence-corrected chi connectivity index (χ0v) is 15.4. The van der Waals surface area contributed by atoms with Crippen LogP contribution in [0.4, 0.5) is 5.82 Å². The topological polar surface area (TPSA) is 33.2 Å². The molecule has 2 aromatic rings. The van der Waals surface area contributed by atoms with Crippen molar-refractivity contribution in [1.82, 2.24) is 4.98 Å². The normalized spacial score (nSPS) is 10.4. The van der Waals surface area contributed by atoms with E-state index in [0.717, 1.165) is 13.8 Å². The van der Waals surface area contributed by atoms with Crippen LogP contribution in [-0.4, -0.2) is 23.2 Å². The van der Waals surface area contributed by atoms with Gasteiger partial charge < -0.3 is 0 Å². The van der Waals surface area contributed by atoms with Crippen LogP contribution in [0, 0.1) is 0 Å². The fourth-order valence-electron chi connectivity index (χ4n) is 1.75. The first-order valence-corrected chi connectivity index (χ1v) is 8.97. The lowest BCUT2D eigenvalue weighted by Gasteiger charge is -2.19. The standard InChI is InChI=1S/C15H14Br2N2OS/c1-2-19(14-8-5-12(17)9-18-14)15(20)10-21-13-6-3-11(16)4-7-13/h3-9H,2,10H2,1H3. The smallest absolute Gasteiger partial charge is 0.238 e. The van der Waals surface area contributed by atoms with Crippen LogP contribution in [0.1, 0.15) is 6.92 Å². The molecule has 2 rings (SSSR count). The van der Waals surface area contributed by atoms with Crippen LogP contribution >= 0.6 is 43.6 Å². The average molecular weight is 430 g/mol. The summed E-state index contributed by atoms with van der Waals surface area (Å²) in [4.78, 5) is 19.4. The fraction of sp³-hybridized carbons (Fsp3) is 0.200. The van der Waals surface area contributed by atoms with Gasteiger partial charge in [0.1, 0.15) is 5.82 Å². The minimum absolute atomic E-state index is 0.0558. The van der Waals surface area contributed by atoms with Gasteiger partial charge in [-0.2, -0.15) is 0 Å². The van der Waals surface area contributed by atoms with E-state index in [9.17, 15) is 4.79 Å². The Labute approximate surface area is 145 Å². The highest BCUT2D eigenvalue weighted by molar-refractivity contribution is 9.10. The monoisotopic (exact) mass is 428 g/mol. The summed E-state index contributed by atoms with van der Waals surface area (Å²) in [7, 11) is 0. The fourth-order valence-corrected chi connectivity index (χ4v) is 3.02. The van der Waals surface area contributed by atoms with Gasteiger partial charge in [-0.05, 0) is 59.3 Å². The van der Waals surface area contributed by atoms with Crippen molar-refractivity contribution < 1.29 is 4.79 Å². The van der Waals surface area contributed by atoms with Gasteiger partial charge in [-0.15, -0.1) is 11.8 Å². The van der Waals surface area contributed by atoms with Crippen molar-refractivity contribution in [2.45, 2.75) is 11.8 Å². The molecule has 1 aromatic heterocycles. The minimum Gasteiger partial charge on any atom is -0.296 e. The number of carbonyl (C=O) groups excluding carboxylic acids is 1. The molecule has 0 aliphatic carbocycles. The van der Waals surface area contributed by atoms with Gasteiger partial charge in [0.25, 0.3) is 0 Å². The van der Waals surface area contributed by atoms with Crippen LogP contribution in [-0.2, 0) is 4.79 Å². The largest absolute Gasteiger partial charge is 0.296 e. The van der Waals surface area contributed by atoms with Crippen molar-refractivity contribution in [3.05, 3.63) is 51.5 Å². The third-order valence-corrected chi connectivity index (χ3v) is 4.78. The van der Waals surface area contributed by atoms with Gasteiger partial charge in [0.2, 0.25) is 5.91 Å². The molecule has 0 saturated carbocycles. The summed E-state index contributed by atoms with van der Waals surface area (Å²) in [5.74, 6) is 1.13. The van der Waals surface area contributed by atoms with E-state index in [1.807, 2.05) is 43.3 Å². The molecular weight excluding hydrogens is 416 g/mol. The van der Waals surface area contributed by atoms with E-state index in [-0.39, 0.29) is 5.91 Å². The number of hydrogen-bond acceptors (Lipinski definition) is 3. The van der Waals surface area contributed by atoms with Crippen LogP contribution in [0.25, 0.3) is 0 Å². The first-order chi connectivity index (χ1) is 10.1. The van der Waals surface area contributed by atoms with Gasteiger partial charge in [-0.1, -0.05) is 15.9 Å². The molecule has 0 saturated heterocycles. The molecule has 0 spiro atoms. The summed E-state index contributed by atoms with van der Waals surface area (Å²) in [6, 6.07) is 11.7. The molecule has 0 aliphatic heterocycles. The number of hydrogen-bond donors (Lipinski definition) is 0. The zero-order valence-electron chi connectivity index (χ0n) is 11.4. The maximum Gasteiger partial charge on any atom is 0.238 e. The summed E-state index contributed by atoms with van der Waals surface area (Å²) < 4.78 is 1.94. The molecule has 110 valence electrons. The second-order valence-electron chi connectivity index (χ2n) is 4.22. The Balaban J connectivity index is 2.00. The van der Waals surface area contributed by atoms with Crippen LogP contribution in [0.5, 0.6) is 0 Å². The predicted octanol–water partition coefficient (Wildman–Crippen LogP) is 4.75. The molecular formula is C15H14Br2N2OS. The van der Waals surface area contributed by atoms with Crippen molar-refractivity contribution in [3.63, 3.8) is 0 Å². The Morgan fingerprint density at radius 3 is 2.38 bits per heavy atom. The van der Waals surface area contributed by atoms with Gasteiger partial charge >= 0.3 is 0 Å². The lowest BCUT2D eigenvalue weighted by Crippen LogP contribution is -2.32. The Hall–Kier alpha value is -0.850. The molecule has 0 bridgehead atoms. The molecule has 0 atom stereocenters. The van der Waals surface area contributed by atoms with E-state index in [2.05, 4.69) is 36.8 Å². The van der Waals surface area contributed by atoms with Crippen molar-refractivity contribution in [2.24, 2.45) is 0 Å². The van der Waals surface area contributed by atoms with E-state index in [0.29, 0.717) is 18.1 Å². The van der Waals surface area contributed by atoms with E-state index < -0.39 is 0 Å². The van der Waals surface area contributed by atoms with Gasteiger partial charge in [0.05, 0.1) is 5.75 Å². The Bertz CT molecular complexity index is 602. The molecule has 0 aliphatic rings.